The summed E-state index contributed by atoms with van der Waals surface area (Å²) in [6.07, 6.45) is 4.12. The van der Waals surface area contributed by atoms with E-state index in [1.165, 1.54) is 15.5 Å². The lowest BCUT2D eigenvalue weighted by Gasteiger charge is -2.08. The van der Waals surface area contributed by atoms with Gasteiger partial charge >= 0.3 is 0 Å². The zero-order valence-corrected chi connectivity index (χ0v) is 10.1. The van der Waals surface area contributed by atoms with Crippen LogP contribution in [-0.2, 0) is 0 Å². The molecule has 2 nitrogen and oxygen atoms in total. The molecule has 1 rings (SSSR count). The first-order valence-electron chi connectivity index (χ1n) is 4.88. The zero-order valence-electron chi connectivity index (χ0n) is 9.29. The summed E-state index contributed by atoms with van der Waals surface area (Å²) in [7, 11) is 0. The number of thiazole rings is 1. The summed E-state index contributed by atoms with van der Waals surface area (Å²) in [5.74, 6) is 0. The number of aromatic nitrogens is 1. The number of nitrogens with zero attached hydrogens (tertiary/aromatic N) is 1. The molecule has 0 aliphatic heterocycles. The van der Waals surface area contributed by atoms with Gasteiger partial charge in [0.2, 0.25) is 0 Å². The quantitative estimate of drug-likeness (QED) is 0.773. The van der Waals surface area contributed by atoms with E-state index in [1.54, 1.807) is 11.3 Å². The molecular weight excluding hydrogens is 192 g/mol. The number of allylic oxidation sites excluding steroid dienone is 1. The van der Waals surface area contributed by atoms with Gasteiger partial charge in [0.05, 0.1) is 6.04 Å². The van der Waals surface area contributed by atoms with Crippen molar-refractivity contribution in [3.8, 4) is 0 Å². The molecule has 1 aromatic rings. The molecule has 1 unspecified atom stereocenters. The Kier molecular flexibility index (Phi) is 4.29. The van der Waals surface area contributed by atoms with E-state index < -0.39 is 0 Å². The SMILES string of the molecule is CC(C)=CCNC(C)c1ncc(C)s1. The van der Waals surface area contributed by atoms with E-state index >= 15 is 0 Å². The van der Waals surface area contributed by atoms with Gasteiger partial charge in [0.1, 0.15) is 5.01 Å². The van der Waals surface area contributed by atoms with Crippen LogP contribution in [0.25, 0.3) is 0 Å². The van der Waals surface area contributed by atoms with Gasteiger partial charge in [-0.15, -0.1) is 11.3 Å². The average Bonchev–Trinajstić information content (AvgIpc) is 2.51. The minimum Gasteiger partial charge on any atom is -0.305 e. The first-order valence-corrected chi connectivity index (χ1v) is 5.70. The summed E-state index contributed by atoms with van der Waals surface area (Å²) in [6, 6.07) is 0.351. The monoisotopic (exact) mass is 210 g/mol. The van der Waals surface area contributed by atoms with Gasteiger partial charge in [-0.25, -0.2) is 4.98 Å². The van der Waals surface area contributed by atoms with Crippen molar-refractivity contribution in [3.63, 3.8) is 0 Å². The maximum atomic E-state index is 4.35. The molecule has 0 saturated heterocycles. The van der Waals surface area contributed by atoms with E-state index in [0.717, 1.165) is 6.54 Å². The van der Waals surface area contributed by atoms with Crippen LogP contribution >= 0.6 is 11.3 Å². The number of hydrogen-bond donors (Lipinski definition) is 1. The van der Waals surface area contributed by atoms with Crippen LogP contribution in [0.3, 0.4) is 0 Å². The van der Waals surface area contributed by atoms with Gasteiger partial charge in [-0.2, -0.15) is 0 Å². The number of rotatable bonds is 4. The largest absolute Gasteiger partial charge is 0.305 e. The Morgan fingerprint density at radius 3 is 2.86 bits per heavy atom. The molecule has 1 N–H and O–H groups in total. The van der Waals surface area contributed by atoms with Crippen molar-refractivity contribution in [1.29, 1.82) is 0 Å². The molecule has 0 aromatic carbocycles. The molecule has 0 fully saturated rings. The second-order valence-corrected chi connectivity index (χ2v) is 4.99. The average molecular weight is 210 g/mol. The molecule has 3 heteroatoms. The van der Waals surface area contributed by atoms with Gasteiger partial charge in [-0.05, 0) is 27.7 Å². The van der Waals surface area contributed by atoms with Crippen LogP contribution in [0, 0.1) is 6.92 Å². The van der Waals surface area contributed by atoms with Crippen LogP contribution in [0.5, 0.6) is 0 Å². The second kappa shape index (κ2) is 5.27. The normalized spacial score (nSPS) is 12.6. The van der Waals surface area contributed by atoms with Gasteiger partial charge in [-0.1, -0.05) is 11.6 Å². The van der Waals surface area contributed by atoms with Crippen molar-refractivity contribution in [3.05, 3.63) is 27.7 Å². The summed E-state index contributed by atoms with van der Waals surface area (Å²) in [6.45, 7) is 9.38. The molecule has 78 valence electrons. The minimum atomic E-state index is 0.351. The third-order valence-corrected chi connectivity index (χ3v) is 3.04. The third-order valence-electron chi connectivity index (χ3n) is 1.94. The lowest BCUT2D eigenvalue weighted by Crippen LogP contribution is -2.18. The van der Waals surface area contributed by atoms with Gasteiger partial charge in [0, 0.05) is 17.6 Å². The molecule has 0 bridgehead atoms. The van der Waals surface area contributed by atoms with E-state index in [2.05, 4.69) is 44.1 Å². The first kappa shape index (κ1) is 11.4. The van der Waals surface area contributed by atoms with E-state index in [9.17, 15) is 0 Å². The lowest BCUT2D eigenvalue weighted by atomic mass is 10.3. The minimum absolute atomic E-state index is 0.351. The van der Waals surface area contributed by atoms with Crippen molar-refractivity contribution in [1.82, 2.24) is 10.3 Å². The Bertz CT molecular complexity index is 311. The van der Waals surface area contributed by atoms with E-state index in [-0.39, 0.29) is 0 Å². The van der Waals surface area contributed by atoms with Crippen molar-refractivity contribution in [2.24, 2.45) is 0 Å². The maximum absolute atomic E-state index is 4.35. The highest BCUT2D eigenvalue weighted by atomic mass is 32.1. The second-order valence-electron chi connectivity index (χ2n) is 3.72. The van der Waals surface area contributed by atoms with E-state index in [0.29, 0.717) is 6.04 Å². The molecule has 14 heavy (non-hydrogen) atoms. The zero-order chi connectivity index (χ0) is 10.6. The van der Waals surface area contributed by atoms with Gasteiger partial charge in [0.25, 0.3) is 0 Å². The Balaban J connectivity index is 2.43. The van der Waals surface area contributed by atoms with Gasteiger partial charge in [-0.3, -0.25) is 0 Å². The molecule has 0 amide bonds. The molecule has 0 radical (unpaired) electrons. The van der Waals surface area contributed by atoms with Crippen LogP contribution in [0.4, 0.5) is 0 Å². The molecular formula is C11H18N2S. The predicted molar refractivity (Wildman–Crippen MR) is 62.7 cm³/mol. The van der Waals surface area contributed by atoms with Gasteiger partial charge in [0.15, 0.2) is 0 Å². The fraction of sp³-hybridized carbons (Fsp3) is 0.545. The molecule has 1 heterocycles. The molecule has 0 saturated carbocycles. The topological polar surface area (TPSA) is 24.9 Å². The van der Waals surface area contributed by atoms with Crippen molar-refractivity contribution in [2.75, 3.05) is 6.54 Å². The van der Waals surface area contributed by atoms with Crippen LogP contribution < -0.4 is 5.32 Å². The van der Waals surface area contributed by atoms with E-state index in [4.69, 9.17) is 0 Å². The Hall–Kier alpha value is -0.670. The number of hydrogen-bond acceptors (Lipinski definition) is 3. The highest BCUT2D eigenvalue weighted by molar-refractivity contribution is 7.11. The van der Waals surface area contributed by atoms with Crippen LogP contribution in [0.1, 0.15) is 36.7 Å². The van der Waals surface area contributed by atoms with Crippen LogP contribution in [0.15, 0.2) is 17.8 Å². The summed E-state index contributed by atoms with van der Waals surface area (Å²) in [4.78, 5) is 5.62. The van der Waals surface area contributed by atoms with Gasteiger partial charge < -0.3 is 5.32 Å². The molecule has 0 aliphatic rings. The number of nitrogens with one attached hydrogen (secondary N) is 1. The highest BCUT2D eigenvalue weighted by Gasteiger charge is 2.06. The highest BCUT2D eigenvalue weighted by Crippen LogP contribution is 2.18. The Labute approximate surface area is 90.1 Å². The molecule has 1 atom stereocenters. The van der Waals surface area contributed by atoms with Crippen LogP contribution in [0.2, 0.25) is 0 Å². The smallest absolute Gasteiger partial charge is 0.109 e. The maximum Gasteiger partial charge on any atom is 0.109 e. The van der Waals surface area contributed by atoms with E-state index in [1.807, 2.05) is 6.20 Å². The molecule has 1 aromatic heterocycles. The fourth-order valence-corrected chi connectivity index (χ4v) is 1.90. The van der Waals surface area contributed by atoms with Crippen molar-refractivity contribution in [2.45, 2.75) is 33.7 Å². The van der Waals surface area contributed by atoms with Crippen LogP contribution in [-0.4, -0.2) is 11.5 Å². The Morgan fingerprint density at radius 2 is 2.36 bits per heavy atom. The lowest BCUT2D eigenvalue weighted by molar-refractivity contribution is 0.612. The van der Waals surface area contributed by atoms with Crippen molar-refractivity contribution >= 4 is 11.3 Å². The first-order chi connectivity index (χ1) is 6.59. The third kappa shape index (κ3) is 3.60. The summed E-state index contributed by atoms with van der Waals surface area (Å²) in [5.41, 5.74) is 1.35. The standard InChI is InChI=1S/C11H18N2S/c1-8(2)5-6-12-10(4)11-13-7-9(3)14-11/h5,7,10,12H,6H2,1-4H3. The number of aryl methyl sites for hydroxylation is 1. The van der Waals surface area contributed by atoms with Crippen molar-refractivity contribution < 1.29 is 0 Å². The molecule has 0 aliphatic carbocycles. The fourth-order valence-electron chi connectivity index (χ4n) is 1.10. The Morgan fingerprint density at radius 1 is 1.64 bits per heavy atom. The molecule has 0 spiro atoms. The predicted octanol–water partition coefficient (Wildman–Crippen LogP) is 3.07. The summed E-state index contributed by atoms with van der Waals surface area (Å²) < 4.78 is 0. The summed E-state index contributed by atoms with van der Waals surface area (Å²) in [5, 5.41) is 4.59. The summed E-state index contributed by atoms with van der Waals surface area (Å²) >= 11 is 1.76.